The highest BCUT2D eigenvalue weighted by molar-refractivity contribution is 5.66. The molecule has 1 N–H and O–H groups in total. The van der Waals surface area contributed by atoms with Gasteiger partial charge >= 0.3 is 5.97 Å². The number of hydrogen-bond donors (Lipinski definition) is 1. The van der Waals surface area contributed by atoms with Gasteiger partial charge in [0.1, 0.15) is 0 Å². The third-order valence-corrected chi connectivity index (χ3v) is 3.09. The van der Waals surface area contributed by atoms with Gasteiger partial charge in [0.15, 0.2) is 0 Å². The van der Waals surface area contributed by atoms with Crippen LogP contribution in [-0.4, -0.2) is 11.1 Å². The molecule has 116 valence electrons. The summed E-state index contributed by atoms with van der Waals surface area (Å²) in [4.78, 5) is 10.3. The second-order valence-electron chi connectivity index (χ2n) is 5.08. The molecule has 20 heavy (non-hydrogen) atoms. The molecule has 0 aliphatic heterocycles. The van der Waals surface area contributed by atoms with Gasteiger partial charge in [0.2, 0.25) is 0 Å². The molecule has 2 atom stereocenters. The van der Waals surface area contributed by atoms with Crippen LogP contribution in [0.25, 0.3) is 0 Å². The Bertz CT molecular complexity index is 327. The van der Waals surface area contributed by atoms with E-state index in [1.54, 1.807) is 6.08 Å². The van der Waals surface area contributed by atoms with E-state index in [0.29, 0.717) is 0 Å². The molecule has 0 radical (unpaired) electrons. The number of carboxylic acid groups (broad SMARTS) is 1. The zero-order chi connectivity index (χ0) is 16.6. The average molecular weight is 282 g/mol. The van der Waals surface area contributed by atoms with Gasteiger partial charge in [0.05, 0.1) is 0 Å². The minimum absolute atomic E-state index is 0.174. The van der Waals surface area contributed by atoms with Gasteiger partial charge in [-0.25, -0.2) is 0 Å². The molecule has 0 rings (SSSR count). The average Bonchev–Trinajstić information content (AvgIpc) is 2.48. The molecular formula is C18H32O2. The maximum atomic E-state index is 10.3. The fraction of sp³-hybridized carbons (Fsp3) is 0.722. The smallest absolute Gasteiger partial charge is 0.303 e. The van der Waals surface area contributed by atoms with Crippen LogP contribution in [0.15, 0.2) is 24.3 Å². The van der Waals surface area contributed by atoms with Crippen LogP contribution in [0.4, 0.5) is 0 Å². The van der Waals surface area contributed by atoms with E-state index in [1.807, 2.05) is 18.2 Å². The molecule has 0 bridgehead atoms. The van der Waals surface area contributed by atoms with E-state index in [9.17, 15) is 4.79 Å². The minimum Gasteiger partial charge on any atom is -0.481 e. The first kappa shape index (κ1) is 15.3. The second-order valence-corrected chi connectivity index (χ2v) is 5.08. The lowest BCUT2D eigenvalue weighted by atomic mass is 10.1. The second kappa shape index (κ2) is 16.0. The molecule has 0 fully saturated rings. The first-order chi connectivity index (χ1) is 10.6. The maximum Gasteiger partial charge on any atom is 0.303 e. The van der Waals surface area contributed by atoms with Crippen LogP contribution < -0.4 is 0 Å². The molecule has 0 aromatic heterocycles. The van der Waals surface area contributed by atoms with Gasteiger partial charge < -0.3 is 5.11 Å². The number of unbranched alkanes of at least 4 members (excludes halogenated alkanes) is 6. The highest BCUT2D eigenvalue weighted by atomic mass is 16.4. The van der Waals surface area contributed by atoms with Gasteiger partial charge in [-0.3, -0.25) is 4.79 Å². The summed E-state index contributed by atoms with van der Waals surface area (Å²) in [6.07, 6.45) is 16.4. The van der Waals surface area contributed by atoms with E-state index in [-0.39, 0.29) is 19.2 Å². The molecule has 0 aromatic carbocycles. The predicted molar refractivity (Wildman–Crippen MR) is 87.0 cm³/mol. The Hall–Kier alpha value is -1.05. The highest BCUT2D eigenvalue weighted by Gasteiger charge is 1.95. The molecule has 0 aliphatic carbocycles. The molecule has 2 nitrogen and oxygen atoms in total. The minimum atomic E-state index is -0.706. The first-order valence-corrected chi connectivity index (χ1v) is 7.97. The van der Waals surface area contributed by atoms with Crippen molar-refractivity contribution < 1.29 is 12.6 Å². The van der Waals surface area contributed by atoms with Gasteiger partial charge in [-0.2, -0.15) is 0 Å². The topological polar surface area (TPSA) is 37.3 Å². The van der Waals surface area contributed by atoms with Crippen LogP contribution >= 0.6 is 0 Å². The zero-order valence-corrected chi connectivity index (χ0v) is 12.9. The first-order valence-electron chi connectivity index (χ1n) is 9.13. The summed E-state index contributed by atoms with van der Waals surface area (Å²) in [5, 5.41) is 8.51. The molecule has 0 amide bonds. The number of aliphatic carboxylic acids is 1. The summed E-state index contributed by atoms with van der Waals surface area (Å²) in [5.74, 6) is -0.706. The van der Waals surface area contributed by atoms with E-state index >= 15 is 0 Å². The summed E-state index contributed by atoms with van der Waals surface area (Å²) >= 11 is 0. The highest BCUT2D eigenvalue weighted by Crippen LogP contribution is 2.08. The number of allylic oxidation sites excluding steroid dienone is 4. The van der Waals surface area contributed by atoms with Crippen molar-refractivity contribution in [2.24, 2.45) is 0 Å². The summed E-state index contributed by atoms with van der Waals surface area (Å²) in [6.45, 7) is 2.12. The van der Waals surface area contributed by atoms with Crippen molar-refractivity contribution in [3.05, 3.63) is 24.3 Å². The SMILES string of the molecule is [2H]C(/C=C\CCCCCCCC(=O)O)/C=C\C([2H])CCCC. The third-order valence-electron chi connectivity index (χ3n) is 3.09. The summed E-state index contributed by atoms with van der Waals surface area (Å²) < 4.78 is 15.6. The quantitative estimate of drug-likeness (QED) is 0.319. The summed E-state index contributed by atoms with van der Waals surface area (Å²) in [6, 6.07) is 0. The Kier molecular flexibility index (Phi) is 12.3. The third kappa shape index (κ3) is 16.9. The monoisotopic (exact) mass is 282 g/mol. The van der Waals surface area contributed by atoms with E-state index in [4.69, 9.17) is 7.85 Å². The molecular weight excluding hydrogens is 248 g/mol. The van der Waals surface area contributed by atoms with Crippen LogP contribution in [-0.2, 0) is 4.79 Å². The van der Waals surface area contributed by atoms with E-state index in [0.717, 1.165) is 57.8 Å². The van der Waals surface area contributed by atoms with Crippen molar-refractivity contribution in [1.29, 1.82) is 0 Å². The van der Waals surface area contributed by atoms with Gasteiger partial charge in [0.25, 0.3) is 0 Å². The van der Waals surface area contributed by atoms with Crippen LogP contribution in [0.5, 0.6) is 0 Å². The predicted octanol–water partition coefficient (Wildman–Crippen LogP) is 5.88. The molecule has 0 heterocycles. The molecule has 0 aliphatic rings. The lowest BCUT2D eigenvalue weighted by Crippen LogP contribution is -1.93. The van der Waals surface area contributed by atoms with Crippen LogP contribution in [0.2, 0.25) is 0 Å². The Morgan fingerprint density at radius 2 is 1.65 bits per heavy atom. The van der Waals surface area contributed by atoms with E-state index in [1.165, 1.54) is 0 Å². The van der Waals surface area contributed by atoms with Gasteiger partial charge in [0, 0.05) is 9.16 Å². The summed E-state index contributed by atoms with van der Waals surface area (Å²) in [5.41, 5.74) is 0. The standard InChI is InChI=1S/C18H32O2/c1-2-3-4-5-6-7-8-9-10-11-12-13-14-15-16-17-18(19)20/h6-7,9-10H,2-5,8,11-17H2,1H3,(H,19,20)/b7-6-,10-9-/i5D,8D. The zero-order valence-electron chi connectivity index (χ0n) is 14.9. The van der Waals surface area contributed by atoms with Crippen molar-refractivity contribution in [3.8, 4) is 0 Å². The molecule has 0 aromatic rings. The molecule has 0 saturated heterocycles. The fourth-order valence-electron chi connectivity index (χ4n) is 1.87. The van der Waals surface area contributed by atoms with Gasteiger partial charge in [-0.1, -0.05) is 63.3 Å². The van der Waals surface area contributed by atoms with E-state index in [2.05, 4.69) is 6.92 Å². The summed E-state index contributed by atoms with van der Waals surface area (Å²) in [7, 11) is 0. The number of rotatable bonds is 14. The Morgan fingerprint density at radius 3 is 2.40 bits per heavy atom. The Morgan fingerprint density at radius 1 is 0.950 bits per heavy atom. The Labute approximate surface area is 127 Å². The molecule has 2 heteroatoms. The fourth-order valence-corrected chi connectivity index (χ4v) is 1.87. The van der Waals surface area contributed by atoms with Crippen molar-refractivity contribution >= 4 is 5.97 Å². The number of hydrogen-bond acceptors (Lipinski definition) is 1. The molecule has 0 spiro atoms. The van der Waals surface area contributed by atoms with Crippen LogP contribution in [0.3, 0.4) is 0 Å². The Balaban J connectivity index is 3.55. The normalized spacial score (nSPS) is 16.2. The molecule has 0 saturated carbocycles. The van der Waals surface area contributed by atoms with Crippen LogP contribution in [0, 0.1) is 0 Å². The van der Waals surface area contributed by atoms with E-state index < -0.39 is 5.97 Å². The van der Waals surface area contributed by atoms with Gasteiger partial charge in [-0.15, -0.1) is 0 Å². The van der Waals surface area contributed by atoms with Crippen molar-refractivity contribution in [1.82, 2.24) is 0 Å². The van der Waals surface area contributed by atoms with Gasteiger partial charge in [-0.05, 0) is 38.5 Å². The van der Waals surface area contributed by atoms with Crippen molar-refractivity contribution in [2.75, 3.05) is 0 Å². The number of carbonyl (C=O) groups is 1. The lowest BCUT2D eigenvalue weighted by molar-refractivity contribution is -0.137. The number of carboxylic acids is 1. The lowest BCUT2D eigenvalue weighted by Gasteiger charge is -1.98. The van der Waals surface area contributed by atoms with Crippen molar-refractivity contribution in [2.45, 2.75) is 83.9 Å². The molecule has 2 unspecified atom stereocenters. The van der Waals surface area contributed by atoms with Crippen LogP contribution in [0.1, 0.15) is 86.7 Å². The maximum absolute atomic E-state index is 10.3. The largest absolute Gasteiger partial charge is 0.481 e. The van der Waals surface area contributed by atoms with Crippen molar-refractivity contribution in [3.63, 3.8) is 0 Å².